The van der Waals surface area contributed by atoms with Crippen LogP contribution in [0.4, 0.5) is 0 Å². The van der Waals surface area contributed by atoms with Crippen LogP contribution in [0.5, 0.6) is 0 Å². The van der Waals surface area contributed by atoms with Gasteiger partial charge in [0.15, 0.2) is 0 Å². The van der Waals surface area contributed by atoms with Gasteiger partial charge >= 0.3 is 0 Å². The van der Waals surface area contributed by atoms with Crippen LogP contribution in [-0.4, -0.2) is 22.9 Å². The van der Waals surface area contributed by atoms with Gasteiger partial charge in [-0.05, 0) is 67.5 Å². The second-order valence-corrected chi connectivity index (χ2v) is 5.51. The van der Waals surface area contributed by atoms with Gasteiger partial charge in [-0.25, -0.2) is 0 Å². The summed E-state index contributed by atoms with van der Waals surface area (Å²) in [4.78, 5) is 0. The van der Waals surface area contributed by atoms with E-state index in [1.54, 1.807) is 0 Å². The van der Waals surface area contributed by atoms with Gasteiger partial charge in [0.05, 0.1) is 15.9 Å². The monoisotopic (exact) mass is 285 g/mol. The smallest absolute Gasteiger partial charge is 0.0738 e. The Morgan fingerprint density at radius 2 is 2.25 bits per heavy atom. The lowest BCUT2D eigenvalue weighted by atomic mass is 9.95. The summed E-state index contributed by atoms with van der Waals surface area (Å²) in [6.45, 7) is 4.41. The maximum Gasteiger partial charge on any atom is 0.0738 e. The van der Waals surface area contributed by atoms with Crippen molar-refractivity contribution in [3.63, 3.8) is 0 Å². The van der Waals surface area contributed by atoms with E-state index in [1.807, 2.05) is 11.7 Å². The zero-order chi connectivity index (χ0) is 11.5. The molecule has 1 unspecified atom stereocenters. The largest absolute Gasteiger partial charge is 0.317 e. The molecule has 0 amide bonds. The van der Waals surface area contributed by atoms with Crippen molar-refractivity contribution in [1.82, 2.24) is 15.1 Å². The van der Waals surface area contributed by atoms with E-state index >= 15 is 0 Å². The van der Waals surface area contributed by atoms with Gasteiger partial charge in [0, 0.05) is 7.05 Å². The van der Waals surface area contributed by atoms with Crippen LogP contribution in [0.1, 0.15) is 30.7 Å². The molecule has 0 spiro atoms. The standard InChI is InChI=1S/C12H20BrN3/c1-9-12(13)11(16(2)15-9)8-10-4-3-6-14-7-5-10/h10,14H,3-8H2,1-2H3. The van der Waals surface area contributed by atoms with E-state index in [9.17, 15) is 0 Å². The molecule has 2 heterocycles. The molecule has 1 atom stereocenters. The summed E-state index contributed by atoms with van der Waals surface area (Å²) in [5.74, 6) is 0.807. The fraction of sp³-hybridized carbons (Fsp3) is 0.750. The van der Waals surface area contributed by atoms with Gasteiger partial charge < -0.3 is 5.32 Å². The molecular weight excluding hydrogens is 266 g/mol. The van der Waals surface area contributed by atoms with Crippen LogP contribution in [0.3, 0.4) is 0 Å². The van der Waals surface area contributed by atoms with Crippen LogP contribution in [0, 0.1) is 12.8 Å². The van der Waals surface area contributed by atoms with Crippen LogP contribution in [0.15, 0.2) is 4.47 Å². The molecule has 1 aliphatic rings. The highest BCUT2D eigenvalue weighted by molar-refractivity contribution is 9.10. The maximum absolute atomic E-state index is 4.45. The molecule has 3 nitrogen and oxygen atoms in total. The van der Waals surface area contributed by atoms with E-state index in [0.717, 1.165) is 18.0 Å². The van der Waals surface area contributed by atoms with Gasteiger partial charge in [0.25, 0.3) is 0 Å². The first-order chi connectivity index (χ1) is 7.68. The highest BCUT2D eigenvalue weighted by Gasteiger charge is 2.17. The average molecular weight is 286 g/mol. The SMILES string of the molecule is Cc1nn(C)c(CC2CCCNCC2)c1Br. The molecule has 1 fully saturated rings. The molecule has 0 radical (unpaired) electrons. The Bertz CT molecular complexity index is 351. The Labute approximate surface area is 106 Å². The zero-order valence-corrected chi connectivity index (χ0v) is 11.7. The third-order valence-electron chi connectivity index (χ3n) is 3.44. The Hall–Kier alpha value is -0.350. The van der Waals surface area contributed by atoms with Crippen molar-refractivity contribution in [3.05, 3.63) is 15.9 Å². The molecule has 0 saturated carbocycles. The van der Waals surface area contributed by atoms with Crippen molar-refractivity contribution in [2.45, 2.75) is 32.6 Å². The number of halogens is 1. The lowest BCUT2D eigenvalue weighted by molar-refractivity contribution is 0.454. The van der Waals surface area contributed by atoms with Gasteiger partial charge in [0.2, 0.25) is 0 Å². The molecule has 4 heteroatoms. The summed E-state index contributed by atoms with van der Waals surface area (Å²) in [5.41, 5.74) is 2.45. The first kappa shape index (κ1) is 12.1. The van der Waals surface area contributed by atoms with Crippen molar-refractivity contribution < 1.29 is 0 Å². The number of aryl methyl sites for hydroxylation is 2. The minimum absolute atomic E-state index is 0.807. The Morgan fingerprint density at radius 3 is 2.94 bits per heavy atom. The van der Waals surface area contributed by atoms with Gasteiger partial charge in [-0.3, -0.25) is 4.68 Å². The molecule has 16 heavy (non-hydrogen) atoms. The predicted octanol–water partition coefficient (Wildman–Crippen LogP) is 2.42. The van der Waals surface area contributed by atoms with Crippen LogP contribution < -0.4 is 5.32 Å². The number of nitrogens with zero attached hydrogens (tertiary/aromatic N) is 2. The fourth-order valence-corrected chi connectivity index (χ4v) is 2.97. The minimum atomic E-state index is 0.807. The Balaban J connectivity index is 2.07. The second-order valence-electron chi connectivity index (χ2n) is 4.72. The van der Waals surface area contributed by atoms with E-state index in [4.69, 9.17) is 0 Å². The number of aromatic nitrogens is 2. The summed E-state index contributed by atoms with van der Waals surface area (Å²) < 4.78 is 3.23. The second kappa shape index (κ2) is 5.32. The molecule has 90 valence electrons. The number of hydrogen-bond donors (Lipinski definition) is 1. The average Bonchev–Trinajstić information content (AvgIpc) is 2.51. The third kappa shape index (κ3) is 2.66. The van der Waals surface area contributed by atoms with E-state index < -0.39 is 0 Å². The fourth-order valence-electron chi connectivity index (χ4n) is 2.47. The van der Waals surface area contributed by atoms with Crippen molar-refractivity contribution in [3.8, 4) is 0 Å². The zero-order valence-electron chi connectivity index (χ0n) is 10.1. The number of hydrogen-bond acceptors (Lipinski definition) is 2. The summed E-state index contributed by atoms with van der Waals surface area (Å²) in [5, 5.41) is 7.92. The Morgan fingerprint density at radius 1 is 1.44 bits per heavy atom. The maximum atomic E-state index is 4.45. The molecule has 1 aliphatic heterocycles. The van der Waals surface area contributed by atoms with Crippen molar-refractivity contribution in [2.75, 3.05) is 13.1 Å². The molecule has 1 aromatic heterocycles. The Kier molecular flexibility index (Phi) is 4.03. The first-order valence-electron chi connectivity index (χ1n) is 6.07. The van der Waals surface area contributed by atoms with E-state index in [0.29, 0.717) is 0 Å². The summed E-state index contributed by atoms with van der Waals surface area (Å²) >= 11 is 3.65. The number of nitrogens with one attached hydrogen (secondary N) is 1. The van der Waals surface area contributed by atoms with Crippen LogP contribution >= 0.6 is 15.9 Å². The number of rotatable bonds is 2. The van der Waals surface area contributed by atoms with Crippen LogP contribution in [0.2, 0.25) is 0 Å². The van der Waals surface area contributed by atoms with Gasteiger partial charge in [0.1, 0.15) is 0 Å². The normalized spacial score (nSPS) is 22.1. The first-order valence-corrected chi connectivity index (χ1v) is 6.86. The molecule has 1 N–H and O–H groups in total. The molecule has 2 rings (SSSR count). The molecule has 1 aromatic rings. The lowest BCUT2D eigenvalue weighted by Gasteiger charge is -2.13. The van der Waals surface area contributed by atoms with Gasteiger partial charge in [-0.1, -0.05) is 0 Å². The van der Waals surface area contributed by atoms with Gasteiger partial charge in [-0.2, -0.15) is 5.10 Å². The summed E-state index contributed by atoms with van der Waals surface area (Å²) in [6.07, 6.45) is 5.08. The molecule has 0 aliphatic carbocycles. The van der Waals surface area contributed by atoms with Crippen molar-refractivity contribution >= 4 is 15.9 Å². The summed E-state index contributed by atoms with van der Waals surface area (Å²) in [7, 11) is 2.04. The quantitative estimate of drug-likeness (QED) is 0.905. The molecule has 0 bridgehead atoms. The summed E-state index contributed by atoms with van der Waals surface area (Å²) in [6, 6.07) is 0. The van der Waals surface area contributed by atoms with Crippen LogP contribution in [-0.2, 0) is 13.5 Å². The highest BCUT2D eigenvalue weighted by Crippen LogP contribution is 2.26. The minimum Gasteiger partial charge on any atom is -0.317 e. The van der Waals surface area contributed by atoms with E-state index in [1.165, 1.54) is 42.5 Å². The molecule has 0 aromatic carbocycles. The topological polar surface area (TPSA) is 29.9 Å². The van der Waals surface area contributed by atoms with E-state index in [-0.39, 0.29) is 0 Å². The molecular formula is C12H20BrN3. The highest BCUT2D eigenvalue weighted by atomic mass is 79.9. The van der Waals surface area contributed by atoms with Crippen molar-refractivity contribution in [1.29, 1.82) is 0 Å². The van der Waals surface area contributed by atoms with Gasteiger partial charge in [-0.15, -0.1) is 0 Å². The predicted molar refractivity (Wildman–Crippen MR) is 69.6 cm³/mol. The van der Waals surface area contributed by atoms with Crippen LogP contribution in [0.25, 0.3) is 0 Å². The lowest BCUT2D eigenvalue weighted by Crippen LogP contribution is -2.15. The molecule has 1 saturated heterocycles. The third-order valence-corrected chi connectivity index (χ3v) is 4.47. The van der Waals surface area contributed by atoms with E-state index in [2.05, 4.69) is 33.3 Å². The van der Waals surface area contributed by atoms with Crippen molar-refractivity contribution in [2.24, 2.45) is 13.0 Å².